The van der Waals surface area contributed by atoms with Gasteiger partial charge in [-0.15, -0.1) is 0 Å². The van der Waals surface area contributed by atoms with Crippen LogP contribution in [0, 0.1) is 0 Å². The third-order valence-corrected chi connectivity index (χ3v) is 2.89. The average molecular weight is 254 g/mol. The Kier molecular flexibility index (Phi) is 2.56. The van der Waals surface area contributed by atoms with Crippen LogP contribution < -0.4 is 5.73 Å². The molecule has 0 radical (unpaired) electrons. The van der Waals surface area contributed by atoms with E-state index in [0.717, 1.165) is 27.6 Å². The van der Waals surface area contributed by atoms with E-state index in [1.54, 1.807) is 0 Å². The number of rotatable bonds is 2. The molecule has 0 aliphatic heterocycles. The number of benzene rings is 1. The second-order valence-corrected chi connectivity index (χ2v) is 3.91. The van der Waals surface area contributed by atoms with Gasteiger partial charge in [0.05, 0.1) is 5.52 Å². The van der Waals surface area contributed by atoms with E-state index in [9.17, 15) is 0 Å². The van der Waals surface area contributed by atoms with Crippen molar-refractivity contribution >= 4 is 26.8 Å². The van der Waals surface area contributed by atoms with Gasteiger partial charge in [-0.25, -0.2) is 0 Å². The van der Waals surface area contributed by atoms with Crippen LogP contribution in [-0.4, -0.2) is 9.78 Å². The quantitative estimate of drug-likeness (QED) is 0.893. The van der Waals surface area contributed by atoms with Gasteiger partial charge in [-0.3, -0.25) is 4.68 Å². The van der Waals surface area contributed by atoms with Crippen molar-refractivity contribution < 1.29 is 0 Å². The smallest absolute Gasteiger partial charge is 0.136 e. The fourth-order valence-electron chi connectivity index (χ4n) is 1.56. The SMILES string of the molecule is CCn1nc(Br)c2cc(CN)ccc21. The van der Waals surface area contributed by atoms with E-state index in [4.69, 9.17) is 5.73 Å². The van der Waals surface area contributed by atoms with E-state index in [1.165, 1.54) is 0 Å². The number of hydrogen-bond donors (Lipinski definition) is 1. The van der Waals surface area contributed by atoms with Crippen molar-refractivity contribution in [3.8, 4) is 0 Å². The lowest BCUT2D eigenvalue weighted by molar-refractivity contribution is 0.678. The summed E-state index contributed by atoms with van der Waals surface area (Å²) >= 11 is 3.45. The Morgan fingerprint density at radius 2 is 2.29 bits per heavy atom. The van der Waals surface area contributed by atoms with Gasteiger partial charge in [0.15, 0.2) is 0 Å². The lowest BCUT2D eigenvalue weighted by atomic mass is 10.1. The van der Waals surface area contributed by atoms with Gasteiger partial charge in [0.1, 0.15) is 4.60 Å². The molecule has 0 saturated carbocycles. The predicted octanol–water partition coefficient (Wildman–Crippen LogP) is 2.28. The molecule has 1 aromatic heterocycles. The Bertz CT molecular complexity index is 462. The first-order chi connectivity index (χ1) is 6.76. The van der Waals surface area contributed by atoms with Crippen molar-refractivity contribution in [3.63, 3.8) is 0 Å². The molecule has 14 heavy (non-hydrogen) atoms. The van der Waals surface area contributed by atoms with Crippen molar-refractivity contribution in [2.75, 3.05) is 0 Å². The minimum Gasteiger partial charge on any atom is -0.326 e. The second-order valence-electron chi connectivity index (χ2n) is 3.16. The van der Waals surface area contributed by atoms with Gasteiger partial charge in [0, 0.05) is 18.5 Å². The van der Waals surface area contributed by atoms with Crippen LogP contribution in [0.15, 0.2) is 22.8 Å². The minimum atomic E-state index is 0.569. The molecular weight excluding hydrogens is 242 g/mol. The largest absolute Gasteiger partial charge is 0.326 e. The Morgan fingerprint density at radius 1 is 1.50 bits per heavy atom. The molecule has 3 nitrogen and oxygen atoms in total. The van der Waals surface area contributed by atoms with Crippen LogP contribution >= 0.6 is 15.9 Å². The lowest BCUT2D eigenvalue weighted by Crippen LogP contribution is -1.97. The minimum absolute atomic E-state index is 0.569. The van der Waals surface area contributed by atoms with Crippen LogP contribution in [0.4, 0.5) is 0 Å². The molecule has 0 aliphatic rings. The maximum Gasteiger partial charge on any atom is 0.136 e. The molecule has 4 heteroatoms. The molecule has 0 atom stereocenters. The van der Waals surface area contributed by atoms with Gasteiger partial charge in [0.25, 0.3) is 0 Å². The Balaban J connectivity index is 2.70. The van der Waals surface area contributed by atoms with Crippen molar-refractivity contribution in [1.82, 2.24) is 9.78 Å². The van der Waals surface area contributed by atoms with E-state index in [1.807, 2.05) is 10.7 Å². The van der Waals surface area contributed by atoms with Gasteiger partial charge < -0.3 is 5.73 Å². The number of nitrogens with two attached hydrogens (primary N) is 1. The molecule has 1 aromatic carbocycles. The average Bonchev–Trinajstić information content (AvgIpc) is 2.55. The summed E-state index contributed by atoms with van der Waals surface area (Å²) in [4.78, 5) is 0. The molecule has 0 unspecified atom stereocenters. The van der Waals surface area contributed by atoms with Gasteiger partial charge in [-0.1, -0.05) is 6.07 Å². The van der Waals surface area contributed by atoms with Crippen LogP contribution in [0.2, 0.25) is 0 Å². The first kappa shape index (κ1) is 9.68. The molecule has 0 spiro atoms. The number of aromatic nitrogens is 2. The zero-order valence-electron chi connectivity index (χ0n) is 8.00. The molecule has 0 saturated heterocycles. The van der Waals surface area contributed by atoms with E-state index in [-0.39, 0.29) is 0 Å². The number of halogens is 1. The van der Waals surface area contributed by atoms with Crippen molar-refractivity contribution in [2.24, 2.45) is 5.73 Å². The van der Waals surface area contributed by atoms with Crippen molar-refractivity contribution in [2.45, 2.75) is 20.0 Å². The molecule has 2 rings (SSSR count). The standard InChI is InChI=1S/C10H12BrN3/c1-2-14-9-4-3-7(6-12)5-8(9)10(11)13-14/h3-5H,2,6,12H2,1H3. The summed E-state index contributed by atoms with van der Waals surface area (Å²) < 4.78 is 2.87. The summed E-state index contributed by atoms with van der Waals surface area (Å²) in [6.07, 6.45) is 0. The highest BCUT2D eigenvalue weighted by molar-refractivity contribution is 9.10. The molecule has 0 bridgehead atoms. The third-order valence-electron chi connectivity index (χ3n) is 2.31. The summed E-state index contributed by atoms with van der Waals surface area (Å²) in [5, 5.41) is 5.51. The van der Waals surface area contributed by atoms with E-state index >= 15 is 0 Å². The first-order valence-electron chi connectivity index (χ1n) is 4.61. The van der Waals surface area contributed by atoms with Gasteiger partial charge in [-0.05, 0) is 40.5 Å². The summed E-state index contributed by atoms with van der Waals surface area (Å²) in [6.45, 7) is 3.53. The molecule has 2 aromatic rings. The fraction of sp³-hybridized carbons (Fsp3) is 0.300. The zero-order chi connectivity index (χ0) is 10.1. The fourth-order valence-corrected chi connectivity index (χ4v) is 2.06. The summed E-state index contributed by atoms with van der Waals surface area (Å²) in [5.74, 6) is 0. The summed E-state index contributed by atoms with van der Waals surface area (Å²) in [5.41, 5.74) is 7.87. The highest BCUT2D eigenvalue weighted by atomic mass is 79.9. The summed E-state index contributed by atoms with van der Waals surface area (Å²) in [7, 11) is 0. The van der Waals surface area contributed by atoms with Crippen molar-refractivity contribution in [3.05, 3.63) is 28.4 Å². The molecule has 74 valence electrons. The van der Waals surface area contributed by atoms with Crippen LogP contribution in [0.5, 0.6) is 0 Å². The number of fused-ring (bicyclic) bond motifs is 1. The lowest BCUT2D eigenvalue weighted by Gasteiger charge is -1.99. The molecule has 1 heterocycles. The summed E-state index contributed by atoms with van der Waals surface area (Å²) in [6, 6.07) is 6.19. The topological polar surface area (TPSA) is 43.8 Å². The van der Waals surface area contributed by atoms with Gasteiger partial charge in [-0.2, -0.15) is 5.10 Å². The first-order valence-corrected chi connectivity index (χ1v) is 5.40. The van der Waals surface area contributed by atoms with E-state index < -0.39 is 0 Å². The second kappa shape index (κ2) is 3.71. The van der Waals surface area contributed by atoms with Crippen LogP contribution in [-0.2, 0) is 13.1 Å². The molecule has 0 amide bonds. The van der Waals surface area contributed by atoms with E-state index in [2.05, 4.69) is 40.1 Å². The third kappa shape index (κ3) is 1.44. The number of aryl methyl sites for hydroxylation is 1. The predicted molar refractivity (Wildman–Crippen MR) is 61.0 cm³/mol. The number of nitrogens with zero attached hydrogens (tertiary/aromatic N) is 2. The molecule has 0 fully saturated rings. The Hall–Kier alpha value is -0.870. The Morgan fingerprint density at radius 3 is 2.93 bits per heavy atom. The normalized spacial score (nSPS) is 11.1. The maximum atomic E-state index is 5.59. The van der Waals surface area contributed by atoms with Crippen LogP contribution in [0.25, 0.3) is 10.9 Å². The highest BCUT2D eigenvalue weighted by Crippen LogP contribution is 2.24. The maximum absolute atomic E-state index is 5.59. The van der Waals surface area contributed by atoms with Crippen LogP contribution in [0.1, 0.15) is 12.5 Å². The van der Waals surface area contributed by atoms with Gasteiger partial charge in [0.2, 0.25) is 0 Å². The Labute approximate surface area is 91.0 Å². The zero-order valence-corrected chi connectivity index (χ0v) is 9.58. The van der Waals surface area contributed by atoms with E-state index in [0.29, 0.717) is 6.54 Å². The molecule has 0 aliphatic carbocycles. The highest BCUT2D eigenvalue weighted by Gasteiger charge is 2.06. The molecular formula is C10H12BrN3. The van der Waals surface area contributed by atoms with Crippen molar-refractivity contribution in [1.29, 1.82) is 0 Å². The number of hydrogen-bond acceptors (Lipinski definition) is 2. The van der Waals surface area contributed by atoms with Gasteiger partial charge >= 0.3 is 0 Å². The van der Waals surface area contributed by atoms with Crippen LogP contribution in [0.3, 0.4) is 0 Å². The molecule has 2 N–H and O–H groups in total. The monoisotopic (exact) mass is 253 g/mol.